The number of benzene rings is 2. The van der Waals surface area contributed by atoms with E-state index in [2.05, 4.69) is 50.7 Å². The maximum absolute atomic E-state index is 13.3. The predicted octanol–water partition coefficient (Wildman–Crippen LogP) is 4.83. The minimum absolute atomic E-state index is 0.0504. The molecule has 0 spiro atoms. The van der Waals surface area contributed by atoms with Gasteiger partial charge in [-0.25, -0.2) is 0 Å². The van der Waals surface area contributed by atoms with E-state index in [-0.39, 0.29) is 11.8 Å². The molecule has 4 N–H and O–H groups in total. The van der Waals surface area contributed by atoms with Crippen LogP contribution in [0.1, 0.15) is 71.2 Å². The second-order valence-electron chi connectivity index (χ2n) is 11.5. The summed E-state index contributed by atoms with van der Waals surface area (Å²) < 4.78 is 0. The topological polar surface area (TPSA) is 136 Å². The van der Waals surface area contributed by atoms with E-state index in [1.165, 1.54) is 0 Å². The molecule has 2 aliphatic rings. The Kier molecular flexibility index (Phi) is 8.40. The van der Waals surface area contributed by atoms with Crippen LogP contribution in [0.3, 0.4) is 0 Å². The summed E-state index contributed by atoms with van der Waals surface area (Å²) in [5.74, 6) is -1.19. The molecule has 1 unspecified atom stereocenters. The minimum Gasteiger partial charge on any atom is -0.384 e. The number of aromatic amines is 1. The van der Waals surface area contributed by atoms with Crippen molar-refractivity contribution < 1.29 is 19.2 Å². The number of carbonyl (C=O) groups is 4. The van der Waals surface area contributed by atoms with Crippen LogP contribution in [0.15, 0.2) is 67.1 Å². The minimum atomic E-state index is -0.825. The average molecular weight is 593 g/mol. The van der Waals surface area contributed by atoms with Crippen molar-refractivity contribution >= 4 is 51.1 Å². The lowest BCUT2D eigenvalue weighted by Gasteiger charge is -2.29. The van der Waals surface area contributed by atoms with Crippen molar-refractivity contribution in [2.45, 2.75) is 57.4 Å². The SMILES string of the molecule is C=C1CCC(N2C(=O)c3cccc(NCCCCCCNC(=O)CCc4ccc5c(c4)[nH]c4ccncc45)c3C2=O)C(=O)N1. The van der Waals surface area contributed by atoms with Crippen LogP contribution in [0.25, 0.3) is 21.8 Å². The van der Waals surface area contributed by atoms with Crippen LogP contribution in [-0.2, 0) is 16.0 Å². The highest BCUT2D eigenvalue weighted by Crippen LogP contribution is 2.33. The predicted molar refractivity (Wildman–Crippen MR) is 169 cm³/mol. The van der Waals surface area contributed by atoms with Gasteiger partial charge in [-0.1, -0.05) is 37.6 Å². The summed E-state index contributed by atoms with van der Waals surface area (Å²) in [7, 11) is 0. The summed E-state index contributed by atoms with van der Waals surface area (Å²) >= 11 is 0. The zero-order chi connectivity index (χ0) is 30.6. The first kappa shape index (κ1) is 29.1. The van der Waals surface area contributed by atoms with Gasteiger partial charge in [0.25, 0.3) is 11.8 Å². The number of unbranched alkanes of at least 4 members (excludes halogenated alkanes) is 3. The Morgan fingerprint density at radius 2 is 1.82 bits per heavy atom. The molecule has 2 aliphatic heterocycles. The molecule has 0 aliphatic carbocycles. The highest BCUT2D eigenvalue weighted by molar-refractivity contribution is 6.25. The van der Waals surface area contributed by atoms with E-state index in [1.807, 2.05) is 12.3 Å². The monoisotopic (exact) mass is 592 g/mol. The number of hydrogen-bond donors (Lipinski definition) is 4. The highest BCUT2D eigenvalue weighted by atomic mass is 16.2. The fraction of sp³-hybridized carbons (Fsp3) is 0.324. The number of amides is 4. The number of aryl methyl sites for hydroxylation is 1. The number of piperidine rings is 1. The van der Waals surface area contributed by atoms with Crippen LogP contribution in [-0.4, -0.2) is 57.6 Å². The van der Waals surface area contributed by atoms with Gasteiger partial charge in [-0.2, -0.15) is 0 Å². The van der Waals surface area contributed by atoms with Crippen LogP contribution in [0, 0.1) is 0 Å². The number of nitrogens with zero attached hydrogens (tertiary/aromatic N) is 2. The molecule has 0 saturated carbocycles. The average Bonchev–Trinajstić information content (AvgIpc) is 3.51. The Balaban J connectivity index is 0.894. The van der Waals surface area contributed by atoms with Gasteiger partial charge in [0.05, 0.1) is 11.1 Å². The Hall–Kier alpha value is -4.99. The molecule has 1 saturated heterocycles. The Bertz CT molecular complexity index is 1780. The maximum Gasteiger partial charge on any atom is 0.264 e. The molecule has 4 aromatic rings. The van der Waals surface area contributed by atoms with Crippen molar-refractivity contribution in [3.05, 3.63) is 83.8 Å². The third-order valence-corrected chi connectivity index (χ3v) is 8.43. The van der Waals surface area contributed by atoms with E-state index in [4.69, 9.17) is 0 Å². The third-order valence-electron chi connectivity index (χ3n) is 8.43. The van der Waals surface area contributed by atoms with Gasteiger partial charge in [0.2, 0.25) is 11.8 Å². The number of rotatable bonds is 12. The van der Waals surface area contributed by atoms with Gasteiger partial charge in [0, 0.05) is 65.1 Å². The number of imide groups is 1. The molecule has 2 aromatic carbocycles. The standard InChI is InChI=1S/C34H36N6O4/c1-21-9-13-29(32(42)38-21)40-33(43)24-7-6-8-27(31(24)34(40)44)36-16-4-2-3-5-17-37-30(41)14-11-22-10-12-23-25-20-35-18-15-26(25)39-28(23)19-22/h6-8,10,12,15,18-20,29,36,39H,1-5,9,11,13-14,16-17H2,(H,37,41)(H,38,42). The summed E-state index contributed by atoms with van der Waals surface area (Å²) in [5, 5.41) is 11.2. The Morgan fingerprint density at radius 3 is 2.66 bits per heavy atom. The van der Waals surface area contributed by atoms with Crippen molar-refractivity contribution in [1.82, 2.24) is 25.5 Å². The largest absolute Gasteiger partial charge is 0.384 e. The molecule has 4 amide bonds. The second-order valence-corrected chi connectivity index (χ2v) is 11.5. The van der Waals surface area contributed by atoms with Gasteiger partial charge in [-0.3, -0.25) is 29.1 Å². The molecule has 2 aromatic heterocycles. The van der Waals surface area contributed by atoms with Crippen molar-refractivity contribution in [1.29, 1.82) is 0 Å². The summed E-state index contributed by atoms with van der Waals surface area (Å²) in [6.07, 6.45) is 9.36. The molecule has 10 heteroatoms. The fourth-order valence-electron chi connectivity index (χ4n) is 6.09. The smallest absolute Gasteiger partial charge is 0.264 e. The third kappa shape index (κ3) is 5.92. The number of hydrogen-bond acceptors (Lipinski definition) is 6. The van der Waals surface area contributed by atoms with Crippen molar-refractivity contribution in [2.75, 3.05) is 18.4 Å². The van der Waals surface area contributed by atoms with Gasteiger partial charge in [0.1, 0.15) is 6.04 Å². The summed E-state index contributed by atoms with van der Waals surface area (Å²) in [6.45, 7) is 5.05. The number of nitrogens with one attached hydrogen (secondary N) is 4. The van der Waals surface area contributed by atoms with E-state index in [0.717, 1.165) is 58.0 Å². The van der Waals surface area contributed by atoms with Crippen molar-refractivity contribution in [2.24, 2.45) is 0 Å². The lowest BCUT2D eigenvalue weighted by molar-refractivity contribution is -0.125. The highest BCUT2D eigenvalue weighted by Gasteiger charge is 2.44. The first-order chi connectivity index (χ1) is 21.4. The normalized spacial score (nSPS) is 16.5. The molecule has 6 rings (SSSR count). The Labute approximate surface area is 255 Å². The van der Waals surface area contributed by atoms with Crippen molar-refractivity contribution in [3.63, 3.8) is 0 Å². The molecule has 44 heavy (non-hydrogen) atoms. The number of anilines is 1. The van der Waals surface area contributed by atoms with E-state index in [9.17, 15) is 19.2 Å². The first-order valence-electron chi connectivity index (χ1n) is 15.2. The lowest BCUT2D eigenvalue weighted by Crippen LogP contribution is -2.51. The molecule has 0 radical (unpaired) electrons. The molecule has 10 nitrogen and oxygen atoms in total. The number of allylic oxidation sites excluding steroid dienone is 1. The molecular formula is C34H36N6O4. The molecule has 1 fully saturated rings. The summed E-state index contributed by atoms with van der Waals surface area (Å²) in [6, 6.07) is 12.6. The summed E-state index contributed by atoms with van der Waals surface area (Å²) in [4.78, 5) is 59.9. The summed E-state index contributed by atoms with van der Waals surface area (Å²) in [5.41, 5.74) is 5.09. The number of H-pyrrole nitrogens is 1. The van der Waals surface area contributed by atoms with Crippen LogP contribution in [0.4, 0.5) is 5.69 Å². The van der Waals surface area contributed by atoms with Gasteiger partial charge >= 0.3 is 0 Å². The number of aromatic nitrogens is 2. The number of pyridine rings is 1. The molecular weight excluding hydrogens is 556 g/mol. The first-order valence-corrected chi connectivity index (χ1v) is 15.2. The maximum atomic E-state index is 13.3. The number of carbonyl (C=O) groups excluding carboxylic acids is 4. The van der Waals surface area contributed by atoms with Crippen LogP contribution < -0.4 is 16.0 Å². The van der Waals surface area contributed by atoms with Crippen LogP contribution in [0.2, 0.25) is 0 Å². The zero-order valence-electron chi connectivity index (χ0n) is 24.6. The van der Waals surface area contributed by atoms with Gasteiger partial charge in [-0.05, 0) is 61.9 Å². The Morgan fingerprint density at radius 1 is 0.977 bits per heavy atom. The molecule has 0 bridgehead atoms. The van der Waals surface area contributed by atoms with Crippen LogP contribution >= 0.6 is 0 Å². The van der Waals surface area contributed by atoms with E-state index >= 15 is 0 Å². The fourth-order valence-corrected chi connectivity index (χ4v) is 6.09. The van der Waals surface area contributed by atoms with Crippen molar-refractivity contribution in [3.8, 4) is 0 Å². The van der Waals surface area contributed by atoms with E-state index < -0.39 is 17.9 Å². The van der Waals surface area contributed by atoms with E-state index in [0.29, 0.717) is 61.3 Å². The van der Waals surface area contributed by atoms with Gasteiger partial charge in [0.15, 0.2) is 0 Å². The quantitative estimate of drug-likeness (QED) is 0.138. The molecule has 1 atom stereocenters. The lowest BCUT2D eigenvalue weighted by atomic mass is 10.0. The molecule has 226 valence electrons. The van der Waals surface area contributed by atoms with Gasteiger partial charge in [-0.15, -0.1) is 0 Å². The van der Waals surface area contributed by atoms with Gasteiger partial charge < -0.3 is 20.9 Å². The second kappa shape index (κ2) is 12.7. The molecule has 4 heterocycles. The van der Waals surface area contributed by atoms with E-state index in [1.54, 1.807) is 24.4 Å². The zero-order valence-corrected chi connectivity index (χ0v) is 24.6. The van der Waals surface area contributed by atoms with Crippen LogP contribution in [0.5, 0.6) is 0 Å². The number of fused-ring (bicyclic) bond motifs is 4.